The molecular formula is C15H19N3O2. The van der Waals surface area contributed by atoms with Crippen molar-refractivity contribution in [3.63, 3.8) is 0 Å². The number of nitro benzene ring substituents is 1. The average molecular weight is 273 g/mol. The first-order chi connectivity index (χ1) is 9.43. The number of nitrogens with zero attached hydrogens (tertiary/aromatic N) is 2. The third kappa shape index (κ3) is 2.49. The maximum Gasteiger partial charge on any atom is 0.295 e. The Labute approximate surface area is 118 Å². The van der Waals surface area contributed by atoms with Crippen LogP contribution in [0.2, 0.25) is 0 Å². The molecule has 2 aromatic rings. The Morgan fingerprint density at radius 1 is 1.25 bits per heavy atom. The fraction of sp³-hybridized carbons (Fsp3) is 0.400. The molecule has 20 heavy (non-hydrogen) atoms. The minimum Gasteiger partial charge on any atom is -0.327 e. The number of fused-ring (bicyclic) bond motifs is 1. The highest BCUT2D eigenvalue weighted by molar-refractivity contribution is 5.90. The first-order valence-electron chi connectivity index (χ1n) is 6.71. The number of aromatic nitrogens is 1. The molecule has 5 heteroatoms. The number of nitrogens with two attached hydrogens (primary N) is 1. The summed E-state index contributed by atoms with van der Waals surface area (Å²) in [4.78, 5) is 14.9. The third-order valence-electron chi connectivity index (χ3n) is 3.62. The predicted octanol–water partition coefficient (Wildman–Crippen LogP) is 3.23. The van der Waals surface area contributed by atoms with Crippen molar-refractivity contribution in [2.45, 2.75) is 32.7 Å². The summed E-state index contributed by atoms with van der Waals surface area (Å²) in [7, 11) is 0. The topological polar surface area (TPSA) is 82.0 Å². The minimum absolute atomic E-state index is 0.0279. The van der Waals surface area contributed by atoms with Gasteiger partial charge in [-0.3, -0.25) is 10.1 Å². The van der Waals surface area contributed by atoms with Gasteiger partial charge in [0.05, 0.1) is 4.92 Å². The Kier molecular flexibility index (Phi) is 3.99. The van der Waals surface area contributed by atoms with E-state index in [9.17, 15) is 10.1 Å². The second-order valence-electron chi connectivity index (χ2n) is 5.46. The molecule has 1 aromatic carbocycles. The van der Waals surface area contributed by atoms with E-state index in [2.05, 4.69) is 18.8 Å². The van der Waals surface area contributed by atoms with E-state index >= 15 is 0 Å². The van der Waals surface area contributed by atoms with Gasteiger partial charge in [0.1, 0.15) is 5.52 Å². The molecule has 1 heterocycles. The van der Waals surface area contributed by atoms with Gasteiger partial charge in [-0.25, -0.2) is 4.98 Å². The quantitative estimate of drug-likeness (QED) is 0.684. The lowest BCUT2D eigenvalue weighted by Gasteiger charge is -2.26. The third-order valence-corrected chi connectivity index (χ3v) is 3.62. The molecule has 2 unspecified atom stereocenters. The van der Waals surface area contributed by atoms with Crippen molar-refractivity contribution >= 4 is 16.6 Å². The van der Waals surface area contributed by atoms with E-state index in [-0.39, 0.29) is 17.6 Å². The Hall–Kier alpha value is -2.01. The van der Waals surface area contributed by atoms with Crippen molar-refractivity contribution in [2.75, 3.05) is 0 Å². The molecule has 2 rings (SSSR count). The summed E-state index contributed by atoms with van der Waals surface area (Å²) in [5.74, 6) is 0.488. The Morgan fingerprint density at radius 2 is 1.95 bits per heavy atom. The number of non-ortho nitro benzene ring substituents is 1. The first-order valence-corrected chi connectivity index (χ1v) is 6.71. The van der Waals surface area contributed by atoms with Crippen LogP contribution in [0.25, 0.3) is 10.9 Å². The van der Waals surface area contributed by atoms with Crippen LogP contribution in [0.3, 0.4) is 0 Å². The molecule has 0 aliphatic carbocycles. The highest BCUT2D eigenvalue weighted by Crippen LogP contribution is 2.34. The summed E-state index contributed by atoms with van der Waals surface area (Å²) < 4.78 is 0. The van der Waals surface area contributed by atoms with Gasteiger partial charge in [0.15, 0.2) is 0 Å². The number of benzene rings is 1. The molecule has 2 N–H and O–H groups in total. The van der Waals surface area contributed by atoms with Crippen LogP contribution in [0.15, 0.2) is 30.5 Å². The summed E-state index contributed by atoms with van der Waals surface area (Å²) in [6.45, 7) is 6.18. The van der Waals surface area contributed by atoms with Crippen molar-refractivity contribution in [2.24, 2.45) is 11.7 Å². The van der Waals surface area contributed by atoms with Gasteiger partial charge in [0, 0.05) is 29.6 Å². The zero-order valence-corrected chi connectivity index (χ0v) is 11.9. The maximum atomic E-state index is 11.1. The zero-order valence-electron chi connectivity index (χ0n) is 11.9. The van der Waals surface area contributed by atoms with Gasteiger partial charge < -0.3 is 5.73 Å². The highest BCUT2D eigenvalue weighted by atomic mass is 16.6. The van der Waals surface area contributed by atoms with E-state index in [4.69, 9.17) is 5.73 Å². The minimum atomic E-state index is -0.393. The number of hydrogen-bond acceptors (Lipinski definition) is 4. The van der Waals surface area contributed by atoms with Crippen LogP contribution in [0.4, 0.5) is 5.69 Å². The van der Waals surface area contributed by atoms with Gasteiger partial charge in [-0.05, 0) is 24.5 Å². The van der Waals surface area contributed by atoms with E-state index in [1.54, 1.807) is 12.3 Å². The van der Waals surface area contributed by atoms with Crippen LogP contribution < -0.4 is 5.73 Å². The summed E-state index contributed by atoms with van der Waals surface area (Å²) >= 11 is 0. The largest absolute Gasteiger partial charge is 0.327 e. The van der Waals surface area contributed by atoms with E-state index in [1.807, 2.05) is 19.1 Å². The summed E-state index contributed by atoms with van der Waals surface area (Å²) in [6.07, 6.45) is 1.63. The average Bonchev–Trinajstić information content (AvgIpc) is 2.37. The number of nitro groups is 1. The smallest absolute Gasteiger partial charge is 0.295 e. The van der Waals surface area contributed by atoms with E-state index in [0.717, 1.165) is 10.9 Å². The van der Waals surface area contributed by atoms with Crippen molar-refractivity contribution in [1.29, 1.82) is 0 Å². The Bertz CT molecular complexity index is 630. The monoisotopic (exact) mass is 273 g/mol. The number of para-hydroxylation sites is 1. The van der Waals surface area contributed by atoms with E-state index in [1.165, 1.54) is 6.07 Å². The molecule has 0 amide bonds. The molecular weight excluding hydrogens is 254 g/mol. The van der Waals surface area contributed by atoms with E-state index < -0.39 is 4.92 Å². The van der Waals surface area contributed by atoms with Crippen LogP contribution in [0.1, 0.15) is 32.3 Å². The number of pyridine rings is 1. The molecule has 0 saturated heterocycles. The Morgan fingerprint density at radius 3 is 2.50 bits per heavy atom. The molecule has 0 spiro atoms. The van der Waals surface area contributed by atoms with Crippen LogP contribution in [0.5, 0.6) is 0 Å². The fourth-order valence-corrected chi connectivity index (χ4v) is 2.87. The van der Waals surface area contributed by atoms with Crippen molar-refractivity contribution in [1.82, 2.24) is 4.98 Å². The lowest BCUT2D eigenvalue weighted by atomic mass is 9.82. The summed E-state index contributed by atoms with van der Waals surface area (Å²) in [6, 6.07) is 6.95. The predicted molar refractivity (Wildman–Crippen MR) is 79.6 cm³/mol. The molecule has 0 fully saturated rings. The number of rotatable bonds is 4. The lowest BCUT2D eigenvalue weighted by Crippen LogP contribution is -2.28. The highest BCUT2D eigenvalue weighted by Gasteiger charge is 2.24. The maximum absolute atomic E-state index is 11.1. The molecule has 106 valence electrons. The molecule has 5 nitrogen and oxygen atoms in total. The lowest BCUT2D eigenvalue weighted by molar-refractivity contribution is -0.383. The zero-order chi connectivity index (χ0) is 14.9. The standard InChI is InChI=1S/C15H19N3O2/c1-9(2)14(10(3)16)11-7-8-17-15-12(11)5-4-6-13(15)18(19)20/h4-10,14H,16H2,1-3H3. The SMILES string of the molecule is CC(C)C(c1ccnc2c([N+](=O)[O-])cccc12)C(C)N. The fourth-order valence-electron chi connectivity index (χ4n) is 2.87. The molecule has 1 aromatic heterocycles. The summed E-state index contributed by atoms with van der Waals surface area (Å²) in [5, 5.41) is 11.9. The van der Waals surface area contributed by atoms with Gasteiger partial charge in [0.2, 0.25) is 0 Å². The van der Waals surface area contributed by atoms with Gasteiger partial charge in [-0.1, -0.05) is 26.0 Å². The van der Waals surface area contributed by atoms with Gasteiger partial charge >= 0.3 is 0 Å². The van der Waals surface area contributed by atoms with Crippen LogP contribution in [-0.4, -0.2) is 15.9 Å². The van der Waals surface area contributed by atoms with Crippen LogP contribution >= 0.6 is 0 Å². The molecule has 0 aliphatic rings. The second kappa shape index (κ2) is 5.54. The van der Waals surface area contributed by atoms with Gasteiger partial charge in [-0.15, -0.1) is 0 Å². The second-order valence-corrected chi connectivity index (χ2v) is 5.46. The van der Waals surface area contributed by atoms with Gasteiger partial charge in [0.25, 0.3) is 5.69 Å². The van der Waals surface area contributed by atoms with Gasteiger partial charge in [-0.2, -0.15) is 0 Å². The van der Waals surface area contributed by atoms with Crippen molar-refractivity contribution < 1.29 is 4.92 Å². The number of hydrogen-bond donors (Lipinski definition) is 1. The summed E-state index contributed by atoms with van der Waals surface area (Å²) in [5.41, 5.74) is 7.61. The van der Waals surface area contributed by atoms with Crippen molar-refractivity contribution in [3.05, 3.63) is 46.1 Å². The molecule has 0 saturated carbocycles. The molecule has 0 bridgehead atoms. The molecule has 0 aliphatic heterocycles. The van der Waals surface area contributed by atoms with Crippen LogP contribution in [-0.2, 0) is 0 Å². The Balaban J connectivity index is 2.72. The van der Waals surface area contributed by atoms with Crippen LogP contribution in [0, 0.1) is 16.0 Å². The normalized spacial score (nSPS) is 14.4. The molecule has 0 radical (unpaired) electrons. The first kappa shape index (κ1) is 14.4. The van der Waals surface area contributed by atoms with Crippen molar-refractivity contribution in [3.8, 4) is 0 Å². The molecule has 2 atom stereocenters. The van der Waals surface area contributed by atoms with E-state index in [0.29, 0.717) is 11.4 Å².